The summed E-state index contributed by atoms with van der Waals surface area (Å²) in [6, 6.07) is 25.8. The summed E-state index contributed by atoms with van der Waals surface area (Å²) in [7, 11) is 0. The van der Waals surface area contributed by atoms with Crippen molar-refractivity contribution in [3.63, 3.8) is 0 Å². The summed E-state index contributed by atoms with van der Waals surface area (Å²) in [5, 5.41) is 6.49. The van der Waals surface area contributed by atoms with E-state index in [1.807, 2.05) is 80.8 Å². The third kappa shape index (κ3) is 7.17. The first-order valence-electron chi connectivity index (χ1n) is 17.0. The van der Waals surface area contributed by atoms with Gasteiger partial charge in [-0.1, -0.05) is 50.6 Å². The van der Waals surface area contributed by atoms with Gasteiger partial charge in [-0.2, -0.15) is 37.5 Å². The average Bonchev–Trinajstić information content (AvgIpc) is 3.55. The number of aromatic nitrogens is 4. The Balaban J connectivity index is 0.00000481. The van der Waals surface area contributed by atoms with Crippen molar-refractivity contribution in [1.82, 2.24) is 19.3 Å². The summed E-state index contributed by atoms with van der Waals surface area (Å²) in [5.74, 6) is -2.77. The van der Waals surface area contributed by atoms with Gasteiger partial charge in [0, 0.05) is 46.0 Å². The molecule has 3 aromatic carbocycles. The molecular formula is C41H36F6N4OPt. The third-order valence-electron chi connectivity index (χ3n) is 9.82. The van der Waals surface area contributed by atoms with E-state index in [1.54, 1.807) is 18.3 Å². The quantitative estimate of drug-likeness (QED) is 0.0983. The smallest absolute Gasteiger partial charge is 0.509 e. The summed E-state index contributed by atoms with van der Waals surface area (Å²) in [5.41, 5.74) is 2.42. The summed E-state index contributed by atoms with van der Waals surface area (Å²) in [6.07, 6.45) is -7.89. The number of hydrogen-bond donors (Lipinski definition) is 0. The zero-order chi connectivity index (χ0) is 37.3. The van der Waals surface area contributed by atoms with Crippen LogP contribution in [-0.4, -0.2) is 31.7 Å². The van der Waals surface area contributed by atoms with Crippen molar-refractivity contribution in [2.24, 2.45) is 5.92 Å². The van der Waals surface area contributed by atoms with E-state index in [0.29, 0.717) is 11.4 Å². The largest absolute Gasteiger partial charge is 2.00 e. The van der Waals surface area contributed by atoms with Crippen LogP contribution in [0.3, 0.4) is 0 Å². The number of ether oxygens (including phenoxy) is 1. The molecule has 0 aliphatic heterocycles. The number of rotatable bonds is 5. The molecule has 7 rings (SSSR count). The Morgan fingerprint density at radius 3 is 2.26 bits per heavy atom. The number of alkyl halides is 6. The van der Waals surface area contributed by atoms with Crippen molar-refractivity contribution >= 4 is 21.8 Å². The number of nitrogens with zero attached hydrogens (tertiary/aromatic N) is 4. The zero-order valence-corrected chi connectivity index (χ0v) is 32.1. The first-order chi connectivity index (χ1) is 24.4. The molecule has 0 radical (unpaired) electrons. The van der Waals surface area contributed by atoms with Crippen LogP contribution in [0.4, 0.5) is 26.3 Å². The Bertz CT molecular complexity index is 2360. The van der Waals surface area contributed by atoms with E-state index in [1.165, 1.54) is 18.5 Å². The minimum Gasteiger partial charge on any atom is -0.509 e. The van der Waals surface area contributed by atoms with Gasteiger partial charge in [-0.3, -0.25) is 4.68 Å². The molecule has 2 atom stereocenters. The van der Waals surface area contributed by atoms with Gasteiger partial charge in [-0.25, -0.2) is 4.98 Å². The SMILES string of the molecule is Cc1ccnc(-n2c3[c-]c(Oc4[c-]c(-n5nc(C)c(C6C(C(F)(F)F)=CCC[C@@H]6C(F)(F)F)c5C)cc(C(C)(C)C)c4)ccc3c3ccccc32)c1.[Pt+2]. The van der Waals surface area contributed by atoms with Gasteiger partial charge in [0.1, 0.15) is 5.82 Å². The Hall–Kier alpha value is -4.37. The van der Waals surface area contributed by atoms with Gasteiger partial charge in [0.25, 0.3) is 0 Å². The average molecular weight is 910 g/mol. The van der Waals surface area contributed by atoms with Crippen LogP contribution >= 0.6 is 0 Å². The van der Waals surface area contributed by atoms with Crippen LogP contribution in [0.5, 0.6) is 11.5 Å². The number of benzene rings is 3. The molecule has 0 saturated carbocycles. The second-order valence-electron chi connectivity index (χ2n) is 14.5. The molecule has 1 aliphatic carbocycles. The topological polar surface area (TPSA) is 44.9 Å². The van der Waals surface area contributed by atoms with Gasteiger partial charge >= 0.3 is 33.4 Å². The number of para-hydroxylation sites is 1. The van der Waals surface area contributed by atoms with E-state index in [4.69, 9.17) is 4.74 Å². The van der Waals surface area contributed by atoms with Gasteiger partial charge in [-0.05, 0) is 73.9 Å². The Morgan fingerprint density at radius 2 is 1.58 bits per heavy atom. The fraction of sp³-hybridized carbons (Fsp3) is 0.317. The van der Waals surface area contributed by atoms with Crippen LogP contribution in [0.25, 0.3) is 33.3 Å². The summed E-state index contributed by atoms with van der Waals surface area (Å²) in [6.45, 7) is 10.9. The van der Waals surface area contributed by atoms with E-state index >= 15 is 0 Å². The Labute approximate surface area is 317 Å². The molecule has 1 aliphatic rings. The first kappa shape index (κ1) is 38.4. The normalized spacial score (nSPS) is 16.9. The fourth-order valence-electron chi connectivity index (χ4n) is 7.33. The van der Waals surface area contributed by atoms with Crippen molar-refractivity contribution in [3.05, 3.63) is 119 Å². The fourth-order valence-corrected chi connectivity index (χ4v) is 7.33. The van der Waals surface area contributed by atoms with Gasteiger partial charge < -0.3 is 9.30 Å². The number of pyridine rings is 1. The van der Waals surface area contributed by atoms with Gasteiger partial charge in [0.05, 0.1) is 11.6 Å². The molecule has 5 nitrogen and oxygen atoms in total. The van der Waals surface area contributed by atoms with Crippen molar-refractivity contribution in [1.29, 1.82) is 0 Å². The second-order valence-corrected chi connectivity index (χ2v) is 14.5. The predicted octanol–water partition coefficient (Wildman–Crippen LogP) is 11.5. The van der Waals surface area contributed by atoms with E-state index in [9.17, 15) is 26.3 Å². The number of hydrogen-bond acceptors (Lipinski definition) is 3. The van der Waals surface area contributed by atoms with Crippen molar-refractivity contribution < 1.29 is 52.1 Å². The molecule has 12 heteroatoms. The molecule has 0 fully saturated rings. The van der Waals surface area contributed by atoms with Gasteiger partial charge in [0.2, 0.25) is 0 Å². The molecule has 53 heavy (non-hydrogen) atoms. The number of allylic oxidation sites excluding steroid dienone is 2. The van der Waals surface area contributed by atoms with Crippen LogP contribution in [0.2, 0.25) is 0 Å². The first-order valence-corrected chi connectivity index (χ1v) is 17.0. The number of aryl methyl sites for hydroxylation is 2. The molecule has 3 heterocycles. The maximum Gasteiger partial charge on any atom is 2.00 e. The van der Waals surface area contributed by atoms with E-state index in [-0.39, 0.29) is 50.2 Å². The summed E-state index contributed by atoms with van der Waals surface area (Å²) in [4.78, 5) is 4.62. The Morgan fingerprint density at radius 1 is 0.849 bits per heavy atom. The number of halogens is 6. The molecule has 0 N–H and O–H groups in total. The molecule has 278 valence electrons. The van der Waals surface area contributed by atoms with E-state index < -0.39 is 41.6 Å². The van der Waals surface area contributed by atoms with Crippen molar-refractivity contribution in [2.45, 2.75) is 78.1 Å². The maximum absolute atomic E-state index is 14.3. The minimum absolute atomic E-state index is 0. The van der Waals surface area contributed by atoms with Crippen LogP contribution in [0, 0.1) is 38.8 Å². The molecule has 1 unspecified atom stereocenters. The molecular weight excluding hydrogens is 874 g/mol. The number of fused-ring (bicyclic) bond motifs is 3. The molecule has 0 saturated heterocycles. The van der Waals surface area contributed by atoms with Gasteiger partial charge in [-0.15, -0.1) is 41.3 Å². The molecule has 0 bridgehead atoms. The van der Waals surface area contributed by atoms with Crippen molar-refractivity contribution in [2.75, 3.05) is 0 Å². The molecule has 0 spiro atoms. The minimum atomic E-state index is -4.94. The van der Waals surface area contributed by atoms with Crippen LogP contribution in [0.1, 0.15) is 67.6 Å². The summed E-state index contributed by atoms with van der Waals surface area (Å²) >= 11 is 0. The van der Waals surface area contributed by atoms with Crippen LogP contribution < -0.4 is 4.74 Å². The van der Waals surface area contributed by atoms with Gasteiger partial charge in [0.15, 0.2) is 0 Å². The van der Waals surface area contributed by atoms with E-state index in [0.717, 1.165) is 44.8 Å². The Kier molecular flexibility index (Phi) is 9.99. The predicted molar refractivity (Wildman–Crippen MR) is 188 cm³/mol. The van der Waals surface area contributed by atoms with Crippen LogP contribution in [0.15, 0.2) is 78.5 Å². The summed E-state index contributed by atoms with van der Waals surface area (Å²) < 4.78 is 95.6. The second kappa shape index (κ2) is 13.8. The monoisotopic (exact) mass is 909 g/mol. The molecule has 0 amide bonds. The van der Waals surface area contributed by atoms with E-state index in [2.05, 4.69) is 22.2 Å². The zero-order valence-electron chi connectivity index (χ0n) is 29.8. The van der Waals surface area contributed by atoms with Crippen LogP contribution in [-0.2, 0) is 26.5 Å². The molecule has 6 aromatic rings. The maximum atomic E-state index is 14.3. The third-order valence-corrected chi connectivity index (χ3v) is 9.82. The van der Waals surface area contributed by atoms with Crippen molar-refractivity contribution in [3.8, 4) is 23.0 Å². The molecule has 3 aromatic heterocycles. The standard InChI is InChI=1S/C41H36F6N4O.Pt/c1-23-16-17-48-36(18-23)50-34-13-8-7-10-30(34)31-15-14-28(22-35(31)50)52-29-20-26(39(4,5)6)19-27(21-29)51-25(3)37(24(2)49-51)38-32(40(42,43)44)11-9-12-33(38)41(45,46)47;/h7-8,10-11,13-20,33,38H,9,12H2,1-6H3;/q-2;+2/t33-,38?;/m0./s1.